The summed E-state index contributed by atoms with van der Waals surface area (Å²) in [5.74, 6) is 0. The molecule has 3 N–H and O–H groups in total. The Bertz CT molecular complexity index is 179. The van der Waals surface area contributed by atoms with Gasteiger partial charge in [0.15, 0.2) is 0 Å². The van der Waals surface area contributed by atoms with Crippen LogP contribution in [0.5, 0.6) is 0 Å². The van der Waals surface area contributed by atoms with E-state index in [-0.39, 0.29) is 0 Å². The number of aliphatic hydroxyl groups excluding tert-OH is 1. The van der Waals surface area contributed by atoms with Crippen LogP contribution in [0.1, 0.15) is 0 Å². The summed E-state index contributed by atoms with van der Waals surface area (Å²) < 4.78 is 0. The van der Waals surface area contributed by atoms with Crippen LogP contribution in [0.4, 0.5) is 0 Å². The molecule has 0 bridgehead atoms. The van der Waals surface area contributed by atoms with E-state index in [2.05, 4.69) is 0 Å². The van der Waals surface area contributed by atoms with Gasteiger partial charge in [0, 0.05) is 5.70 Å². The molecule has 0 radical (unpaired) electrons. The molecule has 2 heteroatoms. The third-order valence-corrected chi connectivity index (χ3v) is 1.15. The zero-order chi connectivity index (χ0) is 6.69. The predicted molar refractivity (Wildman–Crippen MR) is 36.6 cm³/mol. The summed E-state index contributed by atoms with van der Waals surface area (Å²) in [7, 11) is 0. The van der Waals surface area contributed by atoms with Gasteiger partial charge >= 0.3 is 0 Å². The minimum atomic E-state index is -0.611. The SMILES string of the molecule is NC1=CC=CC=CC1O. The number of hydrogen-bond donors (Lipinski definition) is 2. The Labute approximate surface area is 54.0 Å². The highest BCUT2D eigenvalue weighted by atomic mass is 16.3. The van der Waals surface area contributed by atoms with E-state index in [4.69, 9.17) is 10.8 Å². The van der Waals surface area contributed by atoms with E-state index >= 15 is 0 Å². The first kappa shape index (κ1) is 6.11. The van der Waals surface area contributed by atoms with Crippen molar-refractivity contribution in [3.8, 4) is 0 Å². The normalized spacial score (nSPS) is 25.4. The molecule has 0 saturated carbocycles. The van der Waals surface area contributed by atoms with Crippen LogP contribution in [0.25, 0.3) is 0 Å². The van der Waals surface area contributed by atoms with E-state index in [0.29, 0.717) is 5.70 Å². The quantitative estimate of drug-likeness (QED) is 0.487. The molecule has 9 heavy (non-hydrogen) atoms. The van der Waals surface area contributed by atoms with Crippen LogP contribution in [0.15, 0.2) is 36.1 Å². The summed E-state index contributed by atoms with van der Waals surface area (Å²) in [4.78, 5) is 0. The van der Waals surface area contributed by atoms with Crippen molar-refractivity contribution in [2.75, 3.05) is 0 Å². The fourth-order valence-electron chi connectivity index (χ4n) is 0.610. The van der Waals surface area contributed by atoms with Crippen molar-refractivity contribution in [2.24, 2.45) is 5.73 Å². The molecular weight excluding hydrogens is 114 g/mol. The lowest BCUT2D eigenvalue weighted by atomic mass is 10.2. The molecule has 1 rings (SSSR count). The van der Waals surface area contributed by atoms with Gasteiger partial charge in [0.1, 0.15) is 6.10 Å². The number of allylic oxidation sites excluding steroid dienone is 4. The molecule has 0 fully saturated rings. The Hall–Kier alpha value is -1.02. The summed E-state index contributed by atoms with van der Waals surface area (Å²) >= 11 is 0. The summed E-state index contributed by atoms with van der Waals surface area (Å²) in [5.41, 5.74) is 5.87. The third kappa shape index (κ3) is 1.44. The van der Waals surface area contributed by atoms with E-state index < -0.39 is 6.10 Å². The Morgan fingerprint density at radius 2 is 2.11 bits per heavy atom. The van der Waals surface area contributed by atoms with Crippen molar-refractivity contribution in [3.05, 3.63) is 36.1 Å². The maximum absolute atomic E-state index is 9.04. The molecule has 0 aromatic rings. The van der Waals surface area contributed by atoms with Crippen LogP contribution in [0.3, 0.4) is 0 Å². The average molecular weight is 123 g/mol. The van der Waals surface area contributed by atoms with Crippen molar-refractivity contribution in [3.63, 3.8) is 0 Å². The van der Waals surface area contributed by atoms with Crippen molar-refractivity contribution in [2.45, 2.75) is 6.10 Å². The van der Waals surface area contributed by atoms with Gasteiger partial charge in [-0.25, -0.2) is 0 Å². The minimum Gasteiger partial charge on any atom is -0.400 e. The summed E-state index contributed by atoms with van der Waals surface area (Å²) in [6.45, 7) is 0. The molecule has 48 valence electrons. The zero-order valence-electron chi connectivity index (χ0n) is 4.99. The maximum atomic E-state index is 9.04. The molecule has 1 aliphatic rings. The lowest BCUT2D eigenvalue weighted by Gasteiger charge is -2.01. The van der Waals surface area contributed by atoms with E-state index in [0.717, 1.165) is 0 Å². The smallest absolute Gasteiger partial charge is 0.112 e. The average Bonchev–Trinajstić information content (AvgIpc) is 1.99. The molecule has 0 aromatic heterocycles. The summed E-state index contributed by atoms with van der Waals surface area (Å²) in [5, 5.41) is 9.04. The van der Waals surface area contributed by atoms with Gasteiger partial charge in [-0.3, -0.25) is 0 Å². The molecule has 0 saturated heterocycles. The van der Waals surface area contributed by atoms with Crippen LogP contribution in [-0.4, -0.2) is 11.2 Å². The second-order valence-corrected chi connectivity index (χ2v) is 1.88. The van der Waals surface area contributed by atoms with E-state index in [1.807, 2.05) is 6.08 Å². The minimum absolute atomic E-state index is 0.486. The highest BCUT2D eigenvalue weighted by molar-refractivity contribution is 5.25. The van der Waals surface area contributed by atoms with Crippen LogP contribution in [-0.2, 0) is 0 Å². The summed E-state index contributed by atoms with van der Waals surface area (Å²) in [6, 6.07) is 0. The van der Waals surface area contributed by atoms with Crippen LogP contribution >= 0.6 is 0 Å². The van der Waals surface area contributed by atoms with Gasteiger partial charge < -0.3 is 10.8 Å². The first-order valence-corrected chi connectivity index (χ1v) is 2.79. The second kappa shape index (κ2) is 2.51. The fourth-order valence-corrected chi connectivity index (χ4v) is 0.610. The lowest BCUT2D eigenvalue weighted by molar-refractivity contribution is 0.257. The fraction of sp³-hybridized carbons (Fsp3) is 0.143. The highest BCUT2D eigenvalue weighted by Gasteiger charge is 2.00. The monoisotopic (exact) mass is 123 g/mol. The van der Waals surface area contributed by atoms with Gasteiger partial charge in [-0.05, 0) is 6.08 Å². The van der Waals surface area contributed by atoms with Gasteiger partial charge in [-0.1, -0.05) is 24.3 Å². The molecular formula is C7H9NO. The van der Waals surface area contributed by atoms with Crippen LogP contribution < -0.4 is 5.73 Å². The van der Waals surface area contributed by atoms with Gasteiger partial charge in [0.25, 0.3) is 0 Å². The van der Waals surface area contributed by atoms with E-state index in [1.165, 1.54) is 0 Å². The van der Waals surface area contributed by atoms with E-state index in [9.17, 15) is 0 Å². The first-order valence-electron chi connectivity index (χ1n) is 2.79. The molecule has 1 unspecified atom stereocenters. The second-order valence-electron chi connectivity index (χ2n) is 1.88. The van der Waals surface area contributed by atoms with Crippen LogP contribution in [0.2, 0.25) is 0 Å². The Morgan fingerprint density at radius 3 is 2.89 bits per heavy atom. The van der Waals surface area contributed by atoms with Crippen molar-refractivity contribution < 1.29 is 5.11 Å². The van der Waals surface area contributed by atoms with Crippen molar-refractivity contribution in [1.29, 1.82) is 0 Å². The zero-order valence-corrected chi connectivity index (χ0v) is 4.99. The molecule has 0 amide bonds. The Kier molecular flexibility index (Phi) is 1.70. The van der Waals surface area contributed by atoms with Crippen molar-refractivity contribution >= 4 is 0 Å². The standard InChI is InChI=1S/C7H9NO/c8-6-4-2-1-3-5-7(6)9/h1-5,7,9H,8H2. The van der Waals surface area contributed by atoms with Gasteiger partial charge in [-0.15, -0.1) is 0 Å². The Morgan fingerprint density at radius 1 is 1.33 bits per heavy atom. The topological polar surface area (TPSA) is 46.2 Å². The van der Waals surface area contributed by atoms with Crippen molar-refractivity contribution in [1.82, 2.24) is 0 Å². The summed E-state index contributed by atoms with van der Waals surface area (Å²) in [6.07, 6.45) is 8.09. The molecule has 0 aliphatic heterocycles. The molecule has 0 spiro atoms. The third-order valence-electron chi connectivity index (χ3n) is 1.15. The van der Waals surface area contributed by atoms with Gasteiger partial charge in [0.05, 0.1) is 0 Å². The largest absolute Gasteiger partial charge is 0.400 e. The van der Waals surface area contributed by atoms with Gasteiger partial charge in [-0.2, -0.15) is 0 Å². The molecule has 1 atom stereocenters. The molecule has 0 heterocycles. The number of rotatable bonds is 0. The van der Waals surface area contributed by atoms with E-state index in [1.54, 1.807) is 24.3 Å². The predicted octanol–water partition coefficient (Wildman–Crippen LogP) is 0.316. The molecule has 0 aromatic carbocycles. The number of nitrogens with two attached hydrogens (primary N) is 1. The highest BCUT2D eigenvalue weighted by Crippen LogP contribution is 2.00. The van der Waals surface area contributed by atoms with Crippen LogP contribution in [0, 0.1) is 0 Å². The molecule has 1 aliphatic carbocycles. The molecule has 2 nitrogen and oxygen atoms in total. The lowest BCUT2D eigenvalue weighted by Crippen LogP contribution is -2.13. The van der Waals surface area contributed by atoms with Gasteiger partial charge in [0.2, 0.25) is 0 Å². The number of hydrogen-bond acceptors (Lipinski definition) is 2. The maximum Gasteiger partial charge on any atom is 0.112 e. The first-order chi connectivity index (χ1) is 4.30. The number of aliphatic hydroxyl groups is 1. The Balaban J connectivity index is 2.80.